The average Bonchev–Trinajstić information content (AvgIpc) is 3.02. The summed E-state index contributed by atoms with van der Waals surface area (Å²) >= 11 is 0. The van der Waals surface area contributed by atoms with E-state index in [1.54, 1.807) is 36.4 Å². The molecule has 1 aliphatic carbocycles. The SMILES string of the molecule is COc1ccc(C(=O)C(=O)N(Cc2ccccc2)C(C(=O)NC2CCCCC2)c2coc3ccc(C)cc3c2=O)cc1. The zero-order valence-electron chi connectivity index (χ0n) is 23.8. The van der Waals surface area contributed by atoms with Crippen LogP contribution in [0.1, 0.15) is 65.2 Å². The molecule has 0 radical (unpaired) electrons. The zero-order chi connectivity index (χ0) is 29.6. The van der Waals surface area contributed by atoms with Gasteiger partial charge in [-0.2, -0.15) is 0 Å². The molecule has 8 heteroatoms. The molecule has 1 fully saturated rings. The van der Waals surface area contributed by atoms with Gasteiger partial charge in [0.25, 0.3) is 5.91 Å². The molecule has 1 saturated carbocycles. The summed E-state index contributed by atoms with van der Waals surface area (Å²) in [7, 11) is 1.51. The Balaban J connectivity index is 1.63. The van der Waals surface area contributed by atoms with Crippen molar-refractivity contribution in [2.24, 2.45) is 0 Å². The highest BCUT2D eigenvalue weighted by Gasteiger charge is 2.38. The van der Waals surface area contributed by atoms with Crippen LogP contribution in [0.4, 0.5) is 0 Å². The topological polar surface area (TPSA) is 106 Å². The maximum Gasteiger partial charge on any atom is 0.296 e. The van der Waals surface area contributed by atoms with Crippen LogP contribution >= 0.6 is 0 Å². The Labute approximate surface area is 244 Å². The normalized spacial score (nSPS) is 14.2. The van der Waals surface area contributed by atoms with Crippen molar-refractivity contribution >= 4 is 28.6 Å². The summed E-state index contributed by atoms with van der Waals surface area (Å²) in [4.78, 5) is 56.9. The van der Waals surface area contributed by atoms with E-state index in [-0.39, 0.29) is 23.7 Å². The maximum absolute atomic E-state index is 14.1. The molecule has 5 rings (SSSR count). The third-order valence-corrected chi connectivity index (χ3v) is 7.76. The van der Waals surface area contributed by atoms with Crippen LogP contribution in [0.15, 0.2) is 88.3 Å². The molecule has 216 valence electrons. The van der Waals surface area contributed by atoms with Crippen LogP contribution in [-0.2, 0) is 16.1 Å². The first kappa shape index (κ1) is 28.8. The quantitative estimate of drug-likeness (QED) is 0.212. The third kappa shape index (κ3) is 6.28. The number of carbonyl (C=O) groups is 3. The highest BCUT2D eigenvalue weighted by molar-refractivity contribution is 6.43. The highest BCUT2D eigenvalue weighted by atomic mass is 16.5. The first-order chi connectivity index (χ1) is 20.4. The molecule has 1 aliphatic rings. The van der Waals surface area contributed by atoms with Gasteiger partial charge in [0, 0.05) is 18.2 Å². The second kappa shape index (κ2) is 12.9. The first-order valence-corrected chi connectivity index (χ1v) is 14.2. The molecule has 1 N–H and O–H groups in total. The average molecular weight is 567 g/mol. The van der Waals surface area contributed by atoms with Crippen molar-refractivity contribution in [3.05, 3.63) is 112 Å². The molecule has 0 aliphatic heterocycles. The fourth-order valence-electron chi connectivity index (χ4n) is 5.48. The lowest BCUT2D eigenvalue weighted by Gasteiger charge is -2.32. The minimum Gasteiger partial charge on any atom is -0.497 e. The van der Waals surface area contributed by atoms with Gasteiger partial charge in [-0.05, 0) is 61.7 Å². The van der Waals surface area contributed by atoms with Gasteiger partial charge in [-0.1, -0.05) is 61.2 Å². The van der Waals surface area contributed by atoms with E-state index in [1.807, 2.05) is 31.2 Å². The van der Waals surface area contributed by atoms with E-state index in [0.717, 1.165) is 37.7 Å². The van der Waals surface area contributed by atoms with Gasteiger partial charge in [0.1, 0.15) is 23.6 Å². The van der Waals surface area contributed by atoms with E-state index in [1.165, 1.54) is 30.4 Å². The van der Waals surface area contributed by atoms with Crippen LogP contribution in [0.2, 0.25) is 0 Å². The van der Waals surface area contributed by atoms with Gasteiger partial charge >= 0.3 is 0 Å². The van der Waals surface area contributed by atoms with Crippen LogP contribution < -0.4 is 15.5 Å². The fraction of sp³-hybridized carbons (Fsp3) is 0.294. The Morgan fingerprint density at radius 2 is 1.69 bits per heavy atom. The number of fused-ring (bicyclic) bond motifs is 1. The molecule has 1 aromatic heterocycles. The maximum atomic E-state index is 14.1. The number of ether oxygens (including phenoxy) is 1. The monoisotopic (exact) mass is 566 g/mol. The summed E-state index contributed by atoms with van der Waals surface area (Å²) in [6.45, 7) is 1.78. The van der Waals surface area contributed by atoms with Crippen molar-refractivity contribution in [3.8, 4) is 5.75 Å². The van der Waals surface area contributed by atoms with Gasteiger partial charge in [0.2, 0.25) is 11.7 Å². The Morgan fingerprint density at radius 1 is 0.976 bits per heavy atom. The molecule has 0 saturated heterocycles. The number of methoxy groups -OCH3 is 1. The molecule has 0 bridgehead atoms. The number of ketones is 1. The number of hydrogen-bond acceptors (Lipinski definition) is 6. The Hall–Kier alpha value is -4.72. The molecule has 42 heavy (non-hydrogen) atoms. The summed E-state index contributed by atoms with van der Waals surface area (Å²) in [5.74, 6) is -1.69. The van der Waals surface area contributed by atoms with Crippen molar-refractivity contribution in [3.63, 3.8) is 0 Å². The van der Waals surface area contributed by atoms with Gasteiger partial charge in [-0.3, -0.25) is 19.2 Å². The summed E-state index contributed by atoms with van der Waals surface area (Å²) in [6.07, 6.45) is 5.92. The lowest BCUT2D eigenvalue weighted by molar-refractivity contribution is -0.138. The van der Waals surface area contributed by atoms with Crippen LogP contribution in [0.25, 0.3) is 11.0 Å². The molecule has 8 nitrogen and oxygen atoms in total. The van der Waals surface area contributed by atoms with Crippen molar-refractivity contribution in [1.82, 2.24) is 10.2 Å². The number of rotatable bonds is 9. The minimum atomic E-state index is -1.40. The predicted molar refractivity (Wildman–Crippen MR) is 159 cm³/mol. The third-order valence-electron chi connectivity index (χ3n) is 7.76. The van der Waals surface area contributed by atoms with E-state index >= 15 is 0 Å². The predicted octanol–water partition coefficient (Wildman–Crippen LogP) is 5.51. The lowest BCUT2D eigenvalue weighted by Crippen LogP contribution is -2.49. The summed E-state index contributed by atoms with van der Waals surface area (Å²) < 4.78 is 11.0. The number of Topliss-reactive ketones (excluding diaryl/α,β-unsaturated/α-hetero) is 1. The van der Waals surface area contributed by atoms with Crippen LogP contribution in [0.5, 0.6) is 5.75 Å². The van der Waals surface area contributed by atoms with Crippen molar-refractivity contribution in [2.45, 2.75) is 57.7 Å². The van der Waals surface area contributed by atoms with Crippen molar-refractivity contribution < 1.29 is 23.5 Å². The van der Waals surface area contributed by atoms with Crippen LogP contribution in [0.3, 0.4) is 0 Å². The summed E-state index contributed by atoms with van der Waals surface area (Å²) in [6, 6.07) is 19.0. The fourth-order valence-corrected chi connectivity index (χ4v) is 5.48. The number of amides is 2. The van der Waals surface area contributed by atoms with Gasteiger partial charge < -0.3 is 19.4 Å². The van der Waals surface area contributed by atoms with Gasteiger partial charge in [0.15, 0.2) is 5.43 Å². The van der Waals surface area contributed by atoms with E-state index in [0.29, 0.717) is 22.3 Å². The standard InChI is InChI=1S/C34H34N2O6/c1-22-13-18-29-27(19-22)32(38)28(21-42-29)30(33(39)35-25-11-7-4-8-12-25)36(20-23-9-5-3-6-10-23)34(40)31(37)24-14-16-26(41-2)17-15-24/h3,5-6,9-10,13-19,21,25,30H,4,7-8,11-12,20H2,1-2H3,(H,35,39). The first-order valence-electron chi connectivity index (χ1n) is 14.2. The number of carbonyl (C=O) groups excluding carboxylic acids is 3. The number of benzene rings is 3. The molecule has 1 unspecified atom stereocenters. The van der Waals surface area contributed by atoms with Crippen molar-refractivity contribution in [2.75, 3.05) is 7.11 Å². The second-order valence-corrected chi connectivity index (χ2v) is 10.7. The summed E-state index contributed by atoms with van der Waals surface area (Å²) in [5.41, 5.74) is 1.63. The molecule has 4 aromatic rings. The Bertz CT molecular complexity index is 1640. The van der Waals surface area contributed by atoms with E-state index in [2.05, 4.69) is 5.32 Å². The largest absolute Gasteiger partial charge is 0.497 e. The van der Waals surface area contributed by atoms with Gasteiger partial charge in [-0.25, -0.2) is 0 Å². The van der Waals surface area contributed by atoms with Crippen molar-refractivity contribution in [1.29, 1.82) is 0 Å². The highest BCUT2D eigenvalue weighted by Crippen LogP contribution is 2.27. The smallest absolute Gasteiger partial charge is 0.296 e. The van der Waals surface area contributed by atoms with Crippen LogP contribution in [-0.4, -0.2) is 35.6 Å². The molecular formula is C34H34N2O6. The number of aryl methyl sites for hydroxylation is 1. The zero-order valence-corrected chi connectivity index (χ0v) is 23.8. The number of nitrogens with one attached hydrogen (secondary N) is 1. The number of nitrogens with zero attached hydrogens (tertiary/aromatic N) is 1. The molecule has 1 heterocycles. The Morgan fingerprint density at radius 3 is 2.38 bits per heavy atom. The molecule has 2 amide bonds. The van der Waals surface area contributed by atoms with E-state index in [4.69, 9.17) is 9.15 Å². The molecular weight excluding hydrogens is 532 g/mol. The lowest BCUT2D eigenvalue weighted by atomic mass is 9.94. The van der Waals surface area contributed by atoms with Crippen LogP contribution in [0, 0.1) is 6.92 Å². The van der Waals surface area contributed by atoms with Gasteiger partial charge in [-0.15, -0.1) is 0 Å². The minimum absolute atomic E-state index is 0.00628. The van der Waals surface area contributed by atoms with E-state index in [9.17, 15) is 19.2 Å². The Kier molecular flexibility index (Phi) is 8.81. The van der Waals surface area contributed by atoms with Gasteiger partial charge in [0.05, 0.1) is 18.1 Å². The van der Waals surface area contributed by atoms with E-state index < -0.39 is 29.1 Å². The number of hydrogen-bond donors (Lipinski definition) is 1. The molecule has 0 spiro atoms. The molecule has 3 aromatic carbocycles. The summed E-state index contributed by atoms with van der Waals surface area (Å²) in [5, 5.41) is 3.38. The second-order valence-electron chi connectivity index (χ2n) is 10.7. The molecule has 1 atom stereocenters.